The highest BCUT2D eigenvalue weighted by atomic mass is 16.5. The Morgan fingerprint density at radius 2 is 1.39 bits per heavy atom. The lowest BCUT2D eigenvalue weighted by atomic mass is 9.94. The van der Waals surface area contributed by atoms with E-state index in [1.54, 1.807) is 12.1 Å². The second-order valence-electron chi connectivity index (χ2n) is 11.9. The Hall–Kier alpha value is -3.00. The molecule has 12 heteroatoms. The highest BCUT2D eigenvalue weighted by Gasteiger charge is 2.28. The lowest BCUT2D eigenvalue weighted by molar-refractivity contribution is -0.101. The van der Waals surface area contributed by atoms with E-state index in [-0.39, 0.29) is 29.6 Å². The van der Waals surface area contributed by atoms with Crippen molar-refractivity contribution >= 4 is 11.9 Å². The Bertz CT molecular complexity index is 1220. The van der Waals surface area contributed by atoms with Gasteiger partial charge in [0.2, 0.25) is 0 Å². The number of rotatable bonds is 9. The van der Waals surface area contributed by atoms with Crippen molar-refractivity contribution in [3.63, 3.8) is 0 Å². The summed E-state index contributed by atoms with van der Waals surface area (Å²) in [5.74, 6) is -2.07. The zero-order valence-corrected chi connectivity index (χ0v) is 27.1. The number of aromatic carboxylic acids is 2. The van der Waals surface area contributed by atoms with Crippen LogP contribution in [0.5, 0.6) is 0 Å². The Labute approximate surface area is 272 Å². The molecule has 2 N–H and O–H groups in total. The van der Waals surface area contributed by atoms with Crippen LogP contribution in [-0.4, -0.2) is 120 Å². The van der Waals surface area contributed by atoms with Gasteiger partial charge in [0.15, 0.2) is 0 Å². The fraction of sp³-hybridized carbons (Fsp3) is 0.647. The molecule has 1 saturated carbocycles. The van der Waals surface area contributed by atoms with E-state index in [4.69, 9.17) is 18.9 Å². The second kappa shape index (κ2) is 19.6. The fourth-order valence-corrected chi connectivity index (χ4v) is 6.08. The van der Waals surface area contributed by atoms with E-state index < -0.39 is 11.9 Å². The lowest BCUT2D eigenvalue weighted by Gasteiger charge is -2.35. The summed E-state index contributed by atoms with van der Waals surface area (Å²) in [5.41, 5.74) is 1.53. The van der Waals surface area contributed by atoms with Gasteiger partial charge in [-0.25, -0.2) is 19.6 Å². The molecule has 12 nitrogen and oxygen atoms in total. The molecule has 3 atom stereocenters. The molecule has 46 heavy (non-hydrogen) atoms. The van der Waals surface area contributed by atoms with Gasteiger partial charge in [0, 0.05) is 32.7 Å². The molecule has 2 aromatic rings. The molecule has 2 fully saturated rings. The number of pyridine rings is 2. The van der Waals surface area contributed by atoms with Crippen molar-refractivity contribution in [1.29, 1.82) is 0 Å². The first kappa shape index (κ1) is 35.8. The van der Waals surface area contributed by atoms with E-state index in [1.807, 2.05) is 12.1 Å². The molecular weight excluding hydrogens is 592 g/mol. The maximum absolute atomic E-state index is 11.7. The van der Waals surface area contributed by atoms with Gasteiger partial charge in [-0.15, -0.1) is 0 Å². The highest BCUT2D eigenvalue weighted by molar-refractivity contribution is 5.85. The molecule has 4 rings (SSSR count). The first-order chi connectivity index (χ1) is 22.4. The van der Waals surface area contributed by atoms with Crippen molar-refractivity contribution in [1.82, 2.24) is 19.8 Å². The predicted octanol–water partition coefficient (Wildman–Crippen LogP) is 4.30. The average molecular weight is 643 g/mol. The van der Waals surface area contributed by atoms with Crippen molar-refractivity contribution in [3.8, 4) is 0 Å². The maximum atomic E-state index is 11.7. The molecule has 0 radical (unpaired) electrons. The van der Waals surface area contributed by atoms with Crippen molar-refractivity contribution in [2.24, 2.45) is 0 Å². The number of carbonyl (C=O) groups is 2. The number of fused-ring (bicyclic) bond motifs is 1. The molecule has 3 heterocycles. The number of nitrogens with zero attached hydrogens (tertiary/aromatic N) is 4. The SMILES string of the molecule is CCCCC(c1cccc(C(=O)O)n1)N1CCOCCOCCN(Cc2cccc(C(=O)O)n2)CCOC2CCCCC2OCC1. The third kappa shape index (κ3) is 11.7. The molecule has 1 saturated heterocycles. The zero-order valence-electron chi connectivity index (χ0n) is 27.1. The van der Waals surface area contributed by atoms with Crippen LogP contribution in [0.3, 0.4) is 0 Å². The van der Waals surface area contributed by atoms with E-state index in [2.05, 4.69) is 26.7 Å². The molecule has 2 aromatic heterocycles. The zero-order chi connectivity index (χ0) is 32.6. The molecule has 0 aromatic carbocycles. The third-order valence-electron chi connectivity index (χ3n) is 8.55. The van der Waals surface area contributed by atoms with Gasteiger partial charge in [0.05, 0.1) is 69.3 Å². The van der Waals surface area contributed by atoms with Gasteiger partial charge in [0.25, 0.3) is 0 Å². The molecule has 1 aliphatic heterocycles. The van der Waals surface area contributed by atoms with Crippen molar-refractivity contribution in [3.05, 3.63) is 59.2 Å². The first-order valence-electron chi connectivity index (χ1n) is 16.7. The van der Waals surface area contributed by atoms with E-state index in [0.717, 1.165) is 50.6 Å². The standard InChI is InChI=1S/C34H50N4O8/c1-2-3-12-30(27-9-7-11-29(36-27)34(41)42)38-17-20-44-24-23-43-19-15-37(25-26-8-6-10-28(35-26)33(39)40)16-21-45-31-13-4-5-14-32(31)46-22-18-38/h6-11,30-32H,2-5,12-25H2,1H3,(H,39,40)(H,41,42). The summed E-state index contributed by atoms with van der Waals surface area (Å²) in [5, 5.41) is 18.9. The average Bonchev–Trinajstić information content (AvgIpc) is 3.06. The lowest BCUT2D eigenvalue weighted by Crippen LogP contribution is -2.40. The first-order valence-corrected chi connectivity index (χ1v) is 16.7. The quantitative estimate of drug-likeness (QED) is 0.403. The largest absolute Gasteiger partial charge is 0.477 e. The Balaban J connectivity index is 1.43. The number of aromatic nitrogens is 2. The van der Waals surface area contributed by atoms with Gasteiger partial charge in [0.1, 0.15) is 11.4 Å². The topological polar surface area (TPSA) is 144 Å². The van der Waals surface area contributed by atoms with E-state index >= 15 is 0 Å². The van der Waals surface area contributed by atoms with Crippen LogP contribution < -0.4 is 0 Å². The molecule has 2 aliphatic rings. The molecule has 0 bridgehead atoms. The normalized spacial score (nSPS) is 22.6. The van der Waals surface area contributed by atoms with Crippen LogP contribution in [0.1, 0.15) is 90.3 Å². The van der Waals surface area contributed by atoms with Gasteiger partial charge in [-0.05, 0) is 43.5 Å². The van der Waals surface area contributed by atoms with Crippen LogP contribution in [0.15, 0.2) is 36.4 Å². The monoisotopic (exact) mass is 642 g/mol. The van der Waals surface area contributed by atoms with Crippen molar-refractivity contribution in [2.45, 2.75) is 76.7 Å². The minimum Gasteiger partial charge on any atom is -0.477 e. The van der Waals surface area contributed by atoms with Gasteiger partial charge in [-0.3, -0.25) is 9.80 Å². The fourth-order valence-electron chi connectivity index (χ4n) is 6.08. The highest BCUT2D eigenvalue weighted by Crippen LogP contribution is 2.27. The van der Waals surface area contributed by atoms with Gasteiger partial charge in [-0.1, -0.05) is 44.7 Å². The van der Waals surface area contributed by atoms with Crippen molar-refractivity contribution in [2.75, 3.05) is 65.8 Å². The molecular formula is C34H50N4O8. The van der Waals surface area contributed by atoms with Crippen molar-refractivity contribution < 1.29 is 38.7 Å². The van der Waals surface area contributed by atoms with Crippen LogP contribution in [0.4, 0.5) is 0 Å². The Kier molecular flexibility index (Phi) is 15.3. The minimum absolute atomic E-state index is 0.000725. The smallest absolute Gasteiger partial charge is 0.354 e. The molecule has 0 amide bonds. The maximum Gasteiger partial charge on any atom is 0.354 e. The van der Waals surface area contributed by atoms with Crippen LogP contribution in [0.2, 0.25) is 0 Å². The summed E-state index contributed by atoms with van der Waals surface area (Å²) >= 11 is 0. The number of hydrogen-bond donors (Lipinski definition) is 2. The van der Waals surface area contributed by atoms with Crippen LogP contribution in [-0.2, 0) is 25.5 Å². The van der Waals surface area contributed by atoms with E-state index in [9.17, 15) is 19.8 Å². The van der Waals surface area contributed by atoms with Crippen LogP contribution >= 0.6 is 0 Å². The summed E-state index contributed by atoms with van der Waals surface area (Å²) in [4.78, 5) is 36.4. The number of carboxylic acid groups (broad SMARTS) is 2. The summed E-state index contributed by atoms with van der Waals surface area (Å²) in [7, 11) is 0. The summed E-state index contributed by atoms with van der Waals surface area (Å²) in [6.45, 7) is 8.18. The second-order valence-corrected chi connectivity index (χ2v) is 11.9. The summed E-state index contributed by atoms with van der Waals surface area (Å²) in [6.07, 6.45) is 6.96. The number of hydrogen-bond acceptors (Lipinski definition) is 10. The van der Waals surface area contributed by atoms with Crippen LogP contribution in [0, 0.1) is 0 Å². The summed E-state index contributed by atoms with van der Waals surface area (Å²) in [6, 6.07) is 10.2. The van der Waals surface area contributed by atoms with E-state index in [0.29, 0.717) is 78.1 Å². The number of carboxylic acids is 2. The van der Waals surface area contributed by atoms with Crippen LogP contribution in [0.25, 0.3) is 0 Å². The van der Waals surface area contributed by atoms with Gasteiger partial charge in [-0.2, -0.15) is 0 Å². The number of unbranched alkanes of at least 4 members (excludes halogenated alkanes) is 1. The molecule has 254 valence electrons. The molecule has 3 unspecified atom stereocenters. The van der Waals surface area contributed by atoms with Gasteiger partial charge < -0.3 is 29.2 Å². The Morgan fingerprint density at radius 3 is 2.07 bits per heavy atom. The number of ether oxygens (including phenoxy) is 4. The Morgan fingerprint density at radius 1 is 0.804 bits per heavy atom. The minimum atomic E-state index is -1.04. The molecule has 1 aliphatic carbocycles. The summed E-state index contributed by atoms with van der Waals surface area (Å²) < 4.78 is 24.8. The molecule has 0 spiro atoms. The van der Waals surface area contributed by atoms with Gasteiger partial charge >= 0.3 is 11.9 Å². The predicted molar refractivity (Wildman–Crippen MR) is 171 cm³/mol. The third-order valence-corrected chi connectivity index (χ3v) is 8.55. The van der Waals surface area contributed by atoms with E-state index in [1.165, 1.54) is 12.1 Å².